The second-order valence-electron chi connectivity index (χ2n) is 6.09. The van der Waals surface area contributed by atoms with Crippen LogP contribution in [0.4, 0.5) is 0 Å². The SMILES string of the molecule is CC[C@@H](C)NC(=O)[C@@H]1CCCN(S(=O)(=O)c2cc(Cl)ccc2Cl)C1. The highest BCUT2D eigenvalue weighted by Crippen LogP contribution is 2.30. The number of hydrogen-bond acceptors (Lipinski definition) is 3. The van der Waals surface area contributed by atoms with Gasteiger partial charge in [-0.15, -0.1) is 0 Å². The second kappa shape index (κ2) is 8.04. The van der Waals surface area contributed by atoms with Crippen molar-refractivity contribution < 1.29 is 13.2 Å². The van der Waals surface area contributed by atoms with Crippen molar-refractivity contribution >= 4 is 39.1 Å². The van der Waals surface area contributed by atoms with E-state index >= 15 is 0 Å². The number of piperidine rings is 1. The molecule has 1 saturated heterocycles. The van der Waals surface area contributed by atoms with Crippen LogP contribution in [-0.4, -0.2) is 37.8 Å². The Morgan fingerprint density at radius 3 is 2.79 bits per heavy atom. The maximum absolute atomic E-state index is 12.9. The lowest BCUT2D eigenvalue weighted by Crippen LogP contribution is -2.47. The largest absolute Gasteiger partial charge is 0.353 e. The minimum atomic E-state index is -3.78. The Kier molecular flexibility index (Phi) is 6.53. The van der Waals surface area contributed by atoms with Gasteiger partial charge in [0.05, 0.1) is 10.9 Å². The monoisotopic (exact) mass is 392 g/mol. The summed E-state index contributed by atoms with van der Waals surface area (Å²) in [5.41, 5.74) is 0. The molecule has 1 N–H and O–H groups in total. The first-order valence-corrected chi connectivity index (χ1v) is 10.2. The van der Waals surface area contributed by atoms with E-state index in [1.54, 1.807) is 6.07 Å². The van der Waals surface area contributed by atoms with Crippen molar-refractivity contribution in [1.82, 2.24) is 9.62 Å². The van der Waals surface area contributed by atoms with Gasteiger partial charge in [0, 0.05) is 24.2 Å². The van der Waals surface area contributed by atoms with Crippen molar-refractivity contribution in [2.24, 2.45) is 5.92 Å². The van der Waals surface area contributed by atoms with Gasteiger partial charge in [0.15, 0.2) is 0 Å². The number of carbonyl (C=O) groups excluding carboxylic acids is 1. The van der Waals surface area contributed by atoms with Crippen molar-refractivity contribution in [3.63, 3.8) is 0 Å². The third-order valence-electron chi connectivity index (χ3n) is 4.27. The average Bonchev–Trinajstić information content (AvgIpc) is 2.56. The van der Waals surface area contributed by atoms with E-state index in [2.05, 4.69) is 5.32 Å². The number of sulfonamides is 1. The lowest BCUT2D eigenvalue weighted by atomic mass is 9.98. The van der Waals surface area contributed by atoms with Gasteiger partial charge in [-0.1, -0.05) is 30.1 Å². The summed E-state index contributed by atoms with van der Waals surface area (Å²) in [6.45, 7) is 4.45. The first-order chi connectivity index (χ1) is 11.3. The Labute approximate surface area is 153 Å². The predicted octanol–water partition coefficient (Wildman–Crippen LogP) is 3.31. The van der Waals surface area contributed by atoms with E-state index in [1.807, 2.05) is 13.8 Å². The standard InChI is InChI=1S/C16H22Cl2N2O3S/c1-3-11(2)19-16(21)12-5-4-8-20(10-12)24(22,23)15-9-13(17)6-7-14(15)18/h6-7,9,11-12H,3-5,8,10H2,1-2H3,(H,19,21)/t11-,12-/m1/s1. The fourth-order valence-electron chi connectivity index (χ4n) is 2.65. The molecule has 1 aromatic rings. The highest BCUT2D eigenvalue weighted by Gasteiger charge is 2.34. The third-order valence-corrected chi connectivity index (χ3v) is 6.85. The summed E-state index contributed by atoms with van der Waals surface area (Å²) < 4.78 is 27.0. The zero-order chi connectivity index (χ0) is 17.9. The Morgan fingerprint density at radius 2 is 2.12 bits per heavy atom. The molecule has 0 radical (unpaired) electrons. The molecule has 134 valence electrons. The van der Waals surface area contributed by atoms with E-state index in [4.69, 9.17) is 23.2 Å². The Balaban J connectivity index is 2.19. The van der Waals surface area contributed by atoms with Gasteiger partial charge < -0.3 is 5.32 Å². The summed E-state index contributed by atoms with van der Waals surface area (Å²) in [7, 11) is -3.78. The average molecular weight is 393 g/mol. The topological polar surface area (TPSA) is 66.5 Å². The Hall–Kier alpha value is -0.820. The number of nitrogens with zero attached hydrogens (tertiary/aromatic N) is 1. The Bertz CT molecular complexity index is 709. The molecule has 0 saturated carbocycles. The summed E-state index contributed by atoms with van der Waals surface area (Å²) in [5, 5.41) is 3.36. The van der Waals surface area contributed by atoms with Crippen molar-refractivity contribution in [2.75, 3.05) is 13.1 Å². The van der Waals surface area contributed by atoms with E-state index < -0.39 is 10.0 Å². The van der Waals surface area contributed by atoms with Crippen LogP contribution in [0, 0.1) is 5.92 Å². The summed E-state index contributed by atoms with van der Waals surface area (Å²) in [6, 6.07) is 4.43. The first kappa shape index (κ1) is 19.5. The number of rotatable bonds is 5. The summed E-state index contributed by atoms with van der Waals surface area (Å²) >= 11 is 12.0. The summed E-state index contributed by atoms with van der Waals surface area (Å²) in [6.07, 6.45) is 2.15. The van der Waals surface area contributed by atoms with Gasteiger partial charge in [-0.25, -0.2) is 8.42 Å². The number of amides is 1. The third kappa shape index (κ3) is 4.42. The van der Waals surface area contributed by atoms with Crippen LogP contribution in [0.25, 0.3) is 0 Å². The molecule has 8 heteroatoms. The van der Waals surface area contributed by atoms with E-state index in [0.717, 1.165) is 6.42 Å². The van der Waals surface area contributed by atoms with Crippen LogP contribution >= 0.6 is 23.2 Å². The number of hydrogen-bond donors (Lipinski definition) is 1. The molecular formula is C16H22Cl2N2O3S. The molecule has 1 aliphatic heterocycles. The lowest BCUT2D eigenvalue weighted by molar-refractivity contribution is -0.126. The minimum absolute atomic E-state index is 0.0142. The number of halogens is 2. The van der Waals surface area contributed by atoms with Crippen LogP contribution in [-0.2, 0) is 14.8 Å². The maximum Gasteiger partial charge on any atom is 0.244 e. The van der Waals surface area contributed by atoms with Gasteiger partial charge in [-0.3, -0.25) is 4.79 Å². The fraction of sp³-hybridized carbons (Fsp3) is 0.562. The van der Waals surface area contributed by atoms with Crippen molar-refractivity contribution in [1.29, 1.82) is 0 Å². The molecule has 0 aliphatic carbocycles. The second-order valence-corrected chi connectivity index (χ2v) is 8.84. The van der Waals surface area contributed by atoms with Crippen molar-refractivity contribution in [3.8, 4) is 0 Å². The van der Waals surface area contributed by atoms with Crippen LogP contribution in [0.1, 0.15) is 33.1 Å². The van der Waals surface area contributed by atoms with Crippen LogP contribution in [0.2, 0.25) is 10.0 Å². The minimum Gasteiger partial charge on any atom is -0.353 e. The molecule has 1 fully saturated rings. The zero-order valence-corrected chi connectivity index (χ0v) is 16.1. The molecule has 1 aliphatic rings. The molecule has 1 heterocycles. The Morgan fingerprint density at radius 1 is 1.42 bits per heavy atom. The van der Waals surface area contributed by atoms with Gasteiger partial charge >= 0.3 is 0 Å². The van der Waals surface area contributed by atoms with Gasteiger partial charge in [-0.2, -0.15) is 4.31 Å². The van der Waals surface area contributed by atoms with E-state index in [0.29, 0.717) is 24.4 Å². The van der Waals surface area contributed by atoms with E-state index in [1.165, 1.54) is 16.4 Å². The molecule has 1 aromatic carbocycles. The molecule has 24 heavy (non-hydrogen) atoms. The zero-order valence-electron chi connectivity index (χ0n) is 13.8. The number of carbonyl (C=O) groups is 1. The molecule has 2 rings (SSSR count). The summed E-state index contributed by atoms with van der Waals surface area (Å²) in [5.74, 6) is -0.443. The van der Waals surface area contributed by atoms with E-state index in [-0.39, 0.29) is 34.3 Å². The summed E-state index contributed by atoms with van der Waals surface area (Å²) in [4.78, 5) is 12.3. The van der Waals surface area contributed by atoms with Crippen molar-refractivity contribution in [2.45, 2.75) is 44.0 Å². The number of nitrogens with one attached hydrogen (secondary N) is 1. The molecule has 0 bridgehead atoms. The lowest BCUT2D eigenvalue weighted by Gasteiger charge is -2.32. The van der Waals surface area contributed by atoms with E-state index in [9.17, 15) is 13.2 Å². The molecule has 2 atom stereocenters. The maximum atomic E-state index is 12.9. The van der Waals surface area contributed by atoms with Crippen LogP contribution in [0.15, 0.2) is 23.1 Å². The van der Waals surface area contributed by atoms with Gasteiger partial charge in [0.25, 0.3) is 0 Å². The fourth-order valence-corrected chi connectivity index (χ4v) is 4.91. The smallest absolute Gasteiger partial charge is 0.244 e. The van der Waals surface area contributed by atoms with Crippen LogP contribution < -0.4 is 5.32 Å². The van der Waals surface area contributed by atoms with Gasteiger partial charge in [0.2, 0.25) is 15.9 Å². The van der Waals surface area contributed by atoms with Gasteiger partial charge in [0.1, 0.15) is 4.90 Å². The molecule has 0 spiro atoms. The molecular weight excluding hydrogens is 371 g/mol. The van der Waals surface area contributed by atoms with Crippen LogP contribution in [0.5, 0.6) is 0 Å². The van der Waals surface area contributed by atoms with Gasteiger partial charge in [-0.05, 0) is 44.4 Å². The van der Waals surface area contributed by atoms with Crippen LogP contribution in [0.3, 0.4) is 0 Å². The highest BCUT2D eigenvalue weighted by atomic mass is 35.5. The number of benzene rings is 1. The first-order valence-electron chi connectivity index (χ1n) is 8.01. The van der Waals surface area contributed by atoms with Crippen molar-refractivity contribution in [3.05, 3.63) is 28.2 Å². The predicted molar refractivity (Wildman–Crippen MR) is 95.8 cm³/mol. The molecule has 5 nitrogen and oxygen atoms in total. The molecule has 0 aromatic heterocycles. The quantitative estimate of drug-likeness (QED) is 0.835. The highest BCUT2D eigenvalue weighted by molar-refractivity contribution is 7.89. The normalized spacial score (nSPS) is 20.6. The molecule has 1 amide bonds. The molecule has 0 unspecified atom stereocenters.